The highest BCUT2D eigenvalue weighted by Gasteiger charge is 2.19. The molecule has 3 nitrogen and oxygen atoms in total. The first-order valence-electron chi connectivity index (χ1n) is 7.89. The Bertz CT molecular complexity index is 1020. The molecule has 0 unspecified atom stereocenters. The Hall–Kier alpha value is -2.81. The number of pyridine rings is 1. The fraction of sp³-hybridized carbons (Fsp3) is 0.150. The van der Waals surface area contributed by atoms with E-state index in [0.717, 1.165) is 38.9 Å². The van der Waals surface area contributed by atoms with Crippen molar-refractivity contribution in [2.75, 3.05) is 0 Å². The van der Waals surface area contributed by atoms with Gasteiger partial charge in [0.05, 0.1) is 27.8 Å². The third-order valence-corrected chi connectivity index (χ3v) is 4.38. The van der Waals surface area contributed by atoms with Crippen molar-refractivity contribution in [3.05, 3.63) is 66.0 Å². The first-order valence-corrected chi connectivity index (χ1v) is 7.89. The zero-order valence-electron chi connectivity index (χ0n) is 13.2. The van der Waals surface area contributed by atoms with Crippen molar-refractivity contribution in [2.45, 2.75) is 20.3 Å². The molecule has 0 saturated carbocycles. The maximum Gasteiger partial charge on any atom is 0.147 e. The summed E-state index contributed by atoms with van der Waals surface area (Å²) in [5, 5.41) is 12.7. The molecule has 1 N–H and O–H groups in total. The standard InChI is InChI=1S/C20H18N2O/c1-3-16-20(23)18-15-11-7-8-12-17(15)22(19(18)13(2)21-16)14-9-5-4-6-10-14/h4-12,23H,3H2,1-2H3. The van der Waals surface area contributed by atoms with Gasteiger partial charge >= 0.3 is 0 Å². The fourth-order valence-corrected chi connectivity index (χ4v) is 3.37. The first kappa shape index (κ1) is 13.8. The average Bonchev–Trinajstić information content (AvgIpc) is 2.95. The van der Waals surface area contributed by atoms with E-state index in [1.54, 1.807) is 0 Å². The van der Waals surface area contributed by atoms with E-state index in [-0.39, 0.29) is 0 Å². The molecule has 0 atom stereocenters. The SMILES string of the molecule is CCc1nc(C)c2c(c1O)c1ccccc1n2-c1ccccc1. The number of hydrogen-bond acceptors (Lipinski definition) is 2. The minimum atomic E-state index is 0.305. The van der Waals surface area contributed by atoms with Crippen molar-refractivity contribution >= 4 is 21.8 Å². The van der Waals surface area contributed by atoms with Crippen LogP contribution in [-0.2, 0) is 6.42 Å². The van der Waals surface area contributed by atoms with Gasteiger partial charge in [0.25, 0.3) is 0 Å². The smallest absolute Gasteiger partial charge is 0.147 e. The van der Waals surface area contributed by atoms with Gasteiger partial charge in [-0.15, -0.1) is 0 Å². The van der Waals surface area contributed by atoms with Crippen molar-refractivity contribution in [3.63, 3.8) is 0 Å². The zero-order chi connectivity index (χ0) is 16.0. The second-order valence-corrected chi connectivity index (χ2v) is 5.76. The number of rotatable bonds is 2. The highest BCUT2D eigenvalue weighted by Crippen LogP contribution is 2.39. The van der Waals surface area contributed by atoms with Gasteiger partial charge in [0.1, 0.15) is 5.75 Å². The van der Waals surface area contributed by atoms with E-state index in [9.17, 15) is 5.11 Å². The lowest BCUT2D eigenvalue weighted by molar-refractivity contribution is 0.471. The van der Waals surface area contributed by atoms with Crippen molar-refractivity contribution in [2.24, 2.45) is 0 Å². The molecule has 0 amide bonds. The molecule has 0 aliphatic heterocycles. The maximum atomic E-state index is 10.8. The summed E-state index contributed by atoms with van der Waals surface area (Å²) in [7, 11) is 0. The predicted octanol–water partition coefficient (Wildman–Crippen LogP) is 4.76. The summed E-state index contributed by atoms with van der Waals surface area (Å²) >= 11 is 0. The van der Waals surface area contributed by atoms with E-state index >= 15 is 0 Å². The monoisotopic (exact) mass is 302 g/mol. The van der Waals surface area contributed by atoms with Gasteiger partial charge in [-0.2, -0.15) is 0 Å². The summed E-state index contributed by atoms with van der Waals surface area (Å²) in [6, 6.07) is 18.4. The van der Waals surface area contributed by atoms with E-state index in [0.29, 0.717) is 12.2 Å². The Morgan fingerprint density at radius 1 is 1.00 bits per heavy atom. The van der Waals surface area contributed by atoms with Crippen LogP contribution in [0.1, 0.15) is 18.3 Å². The molecule has 4 rings (SSSR count). The molecule has 4 aromatic rings. The number of benzene rings is 2. The molecule has 114 valence electrons. The van der Waals surface area contributed by atoms with Crippen LogP contribution in [-0.4, -0.2) is 14.7 Å². The van der Waals surface area contributed by atoms with Gasteiger partial charge in [-0.3, -0.25) is 4.98 Å². The van der Waals surface area contributed by atoms with Crippen molar-refractivity contribution in [1.29, 1.82) is 0 Å². The van der Waals surface area contributed by atoms with E-state index in [2.05, 4.69) is 33.8 Å². The van der Waals surface area contributed by atoms with Crippen LogP contribution in [0.3, 0.4) is 0 Å². The van der Waals surface area contributed by atoms with Crippen LogP contribution in [0, 0.1) is 6.92 Å². The van der Waals surface area contributed by atoms with Gasteiger partial charge in [0, 0.05) is 11.1 Å². The molecule has 2 aromatic carbocycles. The van der Waals surface area contributed by atoms with E-state index in [1.807, 2.05) is 44.2 Å². The van der Waals surface area contributed by atoms with Gasteiger partial charge in [-0.1, -0.05) is 43.3 Å². The lowest BCUT2D eigenvalue weighted by Crippen LogP contribution is -1.98. The molecule has 0 bridgehead atoms. The number of aromatic hydroxyl groups is 1. The molecule has 0 spiro atoms. The molecular formula is C20H18N2O. The van der Waals surface area contributed by atoms with Crippen LogP contribution < -0.4 is 0 Å². The summed E-state index contributed by atoms with van der Waals surface area (Å²) in [4.78, 5) is 4.63. The zero-order valence-corrected chi connectivity index (χ0v) is 13.2. The second-order valence-electron chi connectivity index (χ2n) is 5.76. The van der Waals surface area contributed by atoms with Gasteiger partial charge in [0.15, 0.2) is 0 Å². The molecule has 0 saturated heterocycles. The van der Waals surface area contributed by atoms with Crippen molar-refractivity contribution in [1.82, 2.24) is 9.55 Å². The molecule has 0 fully saturated rings. The highest BCUT2D eigenvalue weighted by molar-refractivity contribution is 6.13. The first-order chi connectivity index (χ1) is 11.2. The number of fused-ring (bicyclic) bond motifs is 3. The van der Waals surface area contributed by atoms with E-state index in [4.69, 9.17) is 0 Å². The molecule has 23 heavy (non-hydrogen) atoms. The lowest BCUT2D eigenvalue weighted by Gasteiger charge is -2.10. The van der Waals surface area contributed by atoms with E-state index in [1.165, 1.54) is 0 Å². The number of aromatic nitrogens is 2. The summed E-state index contributed by atoms with van der Waals surface area (Å²) < 4.78 is 2.19. The minimum absolute atomic E-state index is 0.305. The molecular weight excluding hydrogens is 284 g/mol. The largest absolute Gasteiger partial charge is 0.505 e. The molecule has 2 heterocycles. The van der Waals surface area contributed by atoms with Crippen LogP contribution in [0.2, 0.25) is 0 Å². The number of hydrogen-bond donors (Lipinski definition) is 1. The van der Waals surface area contributed by atoms with E-state index < -0.39 is 0 Å². The summed E-state index contributed by atoms with van der Waals surface area (Å²) in [6.45, 7) is 4.03. The summed E-state index contributed by atoms with van der Waals surface area (Å²) in [5.74, 6) is 0.305. The number of nitrogens with zero attached hydrogens (tertiary/aromatic N) is 2. The molecule has 2 aromatic heterocycles. The van der Waals surface area contributed by atoms with Crippen LogP contribution in [0.5, 0.6) is 5.75 Å². The quantitative estimate of drug-likeness (QED) is 0.580. The Labute approximate surface area is 134 Å². The van der Waals surface area contributed by atoms with Crippen LogP contribution in [0.15, 0.2) is 54.6 Å². The lowest BCUT2D eigenvalue weighted by atomic mass is 10.1. The molecule has 0 radical (unpaired) electrons. The van der Waals surface area contributed by atoms with Crippen LogP contribution in [0.4, 0.5) is 0 Å². The molecule has 0 aliphatic carbocycles. The Morgan fingerprint density at radius 3 is 2.43 bits per heavy atom. The van der Waals surface area contributed by atoms with Crippen molar-refractivity contribution < 1.29 is 5.11 Å². The predicted molar refractivity (Wildman–Crippen MR) is 94.4 cm³/mol. The Balaban J connectivity index is 2.27. The Morgan fingerprint density at radius 2 is 1.70 bits per heavy atom. The van der Waals surface area contributed by atoms with Crippen LogP contribution in [0.25, 0.3) is 27.5 Å². The third kappa shape index (κ3) is 1.93. The second kappa shape index (κ2) is 5.13. The normalized spacial score (nSPS) is 11.4. The number of aryl methyl sites for hydroxylation is 2. The Kier molecular flexibility index (Phi) is 3.08. The van der Waals surface area contributed by atoms with Gasteiger partial charge in [-0.25, -0.2) is 0 Å². The third-order valence-electron chi connectivity index (χ3n) is 4.38. The summed E-state index contributed by atoms with van der Waals surface area (Å²) in [6.07, 6.45) is 0.716. The number of para-hydroxylation sites is 2. The van der Waals surface area contributed by atoms with Crippen molar-refractivity contribution in [3.8, 4) is 11.4 Å². The van der Waals surface area contributed by atoms with Gasteiger partial charge in [-0.05, 0) is 31.5 Å². The minimum Gasteiger partial charge on any atom is -0.505 e. The fourth-order valence-electron chi connectivity index (χ4n) is 3.37. The highest BCUT2D eigenvalue weighted by atomic mass is 16.3. The molecule has 3 heteroatoms. The topological polar surface area (TPSA) is 38.1 Å². The van der Waals surface area contributed by atoms with Gasteiger partial charge < -0.3 is 9.67 Å². The summed E-state index contributed by atoms with van der Waals surface area (Å²) in [5.41, 5.74) is 4.84. The van der Waals surface area contributed by atoms with Crippen LogP contribution >= 0.6 is 0 Å². The average molecular weight is 302 g/mol. The maximum absolute atomic E-state index is 10.8. The molecule has 0 aliphatic rings. The van der Waals surface area contributed by atoms with Gasteiger partial charge in [0.2, 0.25) is 0 Å².